The summed E-state index contributed by atoms with van der Waals surface area (Å²) in [5.74, 6) is 0.279. The number of aryl methyl sites for hydroxylation is 1. The number of anilines is 1. The van der Waals surface area contributed by atoms with Gasteiger partial charge in [0.25, 0.3) is 11.5 Å². The van der Waals surface area contributed by atoms with Crippen molar-refractivity contribution in [1.82, 2.24) is 14.9 Å². The van der Waals surface area contributed by atoms with E-state index in [0.717, 1.165) is 16.7 Å². The first kappa shape index (κ1) is 19.1. The van der Waals surface area contributed by atoms with Crippen LogP contribution in [-0.4, -0.2) is 34.9 Å². The Morgan fingerprint density at radius 2 is 2.07 bits per heavy atom. The van der Waals surface area contributed by atoms with E-state index in [2.05, 4.69) is 15.3 Å². The lowest BCUT2D eigenvalue weighted by Gasteiger charge is -2.07. The zero-order valence-corrected chi connectivity index (χ0v) is 16.6. The molecule has 1 amide bonds. The fourth-order valence-electron chi connectivity index (χ4n) is 2.63. The monoisotopic (exact) mass is 399 g/mol. The molecule has 0 aliphatic rings. The molecule has 0 saturated heterocycles. The molecule has 2 aromatic heterocycles. The number of carbonyl (C=O) groups excluding carboxylic acids is 1. The lowest BCUT2D eigenvalue weighted by molar-refractivity contribution is 0.103. The highest BCUT2D eigenvalue weighted by Crippen LogP contribution is 2.28. The van der Waals surface area contributed by atoms with Gasteiger partial charge in [0.2, 0.25) is 0 Å². The minimum Gasteiger partial charge on any atom is -0.321 e. The van der Waals surface area contributed by atoms with Crippen molar-refractivity contribution < 1.29 is 4.79 Å². The molecule has 3 rings (SSSR count). The van der Waals surface area contributed by atoms with Gasteiger partial charge >= 0.3 is 0 Å². The van der Waals surface area contributed by atoms with Crippen LogP contribution in [0.15, 0.2) is 34.0 Å². The summed E-state index contributed by atoms with van der Waals surface area (Å²) >= 11 is 2.27. The predicted octanol–water partition coefficient (Wildman–Crippen LogP) is 3.18. The molecule has 0 bridgehead atoms. The van der Waals surface area contributed by atoms with Crippen molar-refractivity contribution in [2.45, 2.75) is 18.4 Å². The number of fused-ring (bicyclic) bond motifs is 1. The molecule has 3 aromatic rings. The zero-order valence-electron chi connectivity index (χ0n) is 15.0. The summed E-state index contributed by atoms with van der Waals surface area (Å²) in [5, 5.41) is 14.0. The Balaban J connectivity index is 1.90. The van der Waals surface area contributed by atoms with Crippen molar-refractivity contribution in [2.75, 3.05) is 19.4 Å². The number of aromatic amines is 1. The van der Waals surface area contributed by atoms with E-state index in [1.807, 2.05) is 24.4 Å². The number of H-pyrrole nitrogens is 1. The number of benzene rings is 1. The van der Waals surface area contributed by atoms with E-state index in [1.54, 1.807) is 31.2 Å². The molecule has 2 heterocycles. The number of hydrogen-bond donors (Lipinski definition) is 2. The molecule has 0 aliphatic heterocycles. The van der Waals surface area contributed by atoms with Gasteiger partial charge < -0.3 is 15.2 Å². The average molecular weight is 400 g/mol. The van der Waals surface area contributed by atoms with Crippen molar-refractivity contribution in [2.24, 2.45) is 0 Å². The molecule has 138 valence electrons. The minimum absolute atomic E-state index is 0.234. The van der Waals surface area contributed by atoms with Crippen LogP contribution in [0.25, 0.3) is 10.2 Å². The maximum atomic E-state index is 12.7. The topological polar surface area (TPSA) is 102 Å². The van der Waals surface area contributed by atoms with Gasteiger partial charge in [0.15, 0.2) is 0 Å². The molecule has 9 heteroatoms. The van der Waals surface area contributed by atoms with Gasteiger partial charge in [-0.1, -0.05) is 0 Å². The second-order valence-corrected chi connectivity index (χ2v) is 8.02. The van der Waals surface area contributed by atoms with Gasteiger partial charge in [0, 0.05) is 10.6 Å². The van der Waals surface area contributed by atoms with E-state index >= 15 is 0 Å². The lowest BCUT2D eigenvalue weighted by atomic mass is 10.2. The molecule has 0 saturated carbocycles. The zero-order chi connectivity index (χ0) is 19.6. The van der Waals surface area contributed by atoms with Gasteiger partial charge in [-0.25, -0.2) is 4.98 Å². The van der Waals surface area contributed by atoms with Crippen LogP contribution in [0.3, 0.4) is 0 Å². The number of nitrogens with zero attached hydrogens (tertiary/aromatic N) is 3. The van der Waals surface area contributed by atoms with Gasteiger partial charge in [0.05, 0.1) is 16.8 Å². The van der Waals surface area contributed by atoms with E-state index in [0.29, 0.717) is 38.7 Å². The normalized spacial score (nSPS) is 10.9. The summed E-state index contributed by atoms with van der Waals surface area (Å²) in [6.45, 7) is 2.26. The smallest absolute Gasteiger partial charge is 0.266 e. The van der Waals surface area contributed by atoms with Gasteiger partial charge in [-0.05, 0) is 62.6 Å². The number of hydrogen-bond acceptors (Lipinski definition) is 7. The summed E-state index contributed by atoms with van der Waals surface area (Å²) in [6.07, 6.45) is 0. The lowest BCUT2D eigenvalue weighted by Crippen LogP contribution is -2.18. The van der Waals surface area contributed by atoms with Gasteiger partial charge in [-0.15, -0.1) is 11.3 Å². The van der Waals surface area contributed by atoms with E-state index in [-0.39, 0.29) is 11.5 Å². The molecule has 0 atom stereocenters. The van der Waals surface area contributed by atoms with Crippen LogP contribution < -0.4 is 10.9 Å². The second-order valence-electron chi connectivity index (χ2n) is 6.16. The Labute approximate surface area is 164 Å². The van der Waals surface area contributed by atoms with Crippen LogP contribution in [0.4, 0.5) is 5.69 Å². The molecule has 2 N–H and O–H groups in total. The summed E-state index contributed by atoms with van der Waals surface area (Å²) in [6, 6.07) is 7.00. The van der Waals surface area contributed by atoms with Crippen molar-refractivity contribution >= 4 is 44.9 Å². The summed E-state index contributed by atoms with van der Waals surface area (Å²) in [7, 11) is 3.78. The van der Waals surface area contributed by atoms with E-state index in [4.69, 9.17) is 5.26 Å². The maximum absolute atomic E-state index is 12.7. The third-order valence-electron chi connectivity index (χ3n) is 3.80. The van der Waals surface area contributed by atoms with Crippen LogP contribution in [0.1, 0.15) is 21.1 Å². The molecule has 1 aromatic carbocycles. The third kappa shape index (κ3) is 4.19. The number of aromatic nitrogens is 2. The molecule has 7 nitrogen and oxygen atoms in total. The number of rotatable bonds is 5. The molecule has 0 radical (unpaired) electrons. The number of carbonyl (C=O) groups is 1. The van der Waals surface area contributed by atoms with Crippen LogP contribution in [0, 0.1) is 17.6 Å². The Bertz CT molecular complexity index is 1090. The fourth-order valence-corrected chi connectivity index (χ4v) is 4.10. The summed E-state index contributed by atoms with van der Waals surface area (Å²) < 4.78 is 0. The second kappa shape index (κ2) is 7.92. The first-order chi connectivity index (χ1) is 12.9. The van der Waals surface area contributed by atoms with Crippen molar-refractivity contribution in [3.8, 4) is 5.40 Å². The number of thioether (sulfide) groups is 1. The maximum Gasteiger partial charge on any atom is 0.266 e. The molecule has 0 unspecified atom stereocenters. The molecule has 0 fully saturated rings. The van der Waals surface area contributed by atoms with Gasteiger partial charge in [0.1, 0.15) is 16.1 Å². The van der Waals surface area contributed by atoms with Gasteiger partial charge in [-0.2, -0.15) is 5.26 Å². The number of nitrogens with one attached hydrogen (secondary N) is 2. The average Bonchev–Trinajstić information content (AvgIpc) is 2.93. The highest BCUT2D eigenvalue weighted by Gasteiger charge is 2.19. The standard InChI is InChI=1S/C18H17N5O2S2/c1-10-14-16(24)21-13(8-23(2)3)22-18(14)27-15(10)17(25)20-11-4-6-12(7-5-11)26-9-19/h4-7H,8H2,1-3H3,(H,20,25)(H,21,22,24). The first-order valence-electron chi connectivity index (χ1n) is 8.03. The van der Waals surface area contributed by atoms with Gasteiger partial charge in [-0.3, -0.25) is 9.59 Å². The Morgan fingerprint density at radius 3 is 2.70 bits per heavy atom. The summed E-state index contributed by atoms with van der Waals surface area (Å²) in [5.41, 5.74) is 1.01. The molecule has 27 heavy (non-hydrogen) atoms. The first-order valence-corrected chi connectivity index (χ1v) is 9.66. The molecular weight excluding hydrogens is 382 g/mol. The minimum atomic E-state index is -0.287. The van der Waals surface area contributed by atoms with Crippen molar-refractivity contribution in [3.63, 3.8) is 0 Å². The van der Waals surface area contributed by atoms with E-state index in [9.17, 15) is 9.59 Å². The van der Waals surface area contributed by atoms with E-state index < -0.39 is 0 Å². The van der Waals surface area contributed by atoms with Crippen LogP contribution in [-0.2, 0) is 6.54 Å². The van der Waals surface area contributed by atoms with Crippen LogP contribution in [0.2, 0.25) is 0 Å². The number of amides is 1. The Hall–Kier alpha value is -2.67. The molecular formula is C18H17N5O2S2. The van der Waals surface area contributed by atoms with Crippen LogP contribution >= 0.6 is 23.1 Å². The SMILES string of the molecule is Cc1c(C(=O)Nc2ccc(SC#N)cc2)sc2nc(CN(C)C)[nH]c(=O)c12. The Kier molecular flexibility index (Phi) is 5.60. The van der Waals surface area contributed by atoms with Crippen molar-refractivity contribution in [1.29, 1.82) is 5.26 Å². The largest absolute Gasteiger partial charge is 0.321 e. The molecule has 0 aliphatic carbocycles. The number of thiocyanates is 1. The number of thiophene rings is 1. The quantitative estimate of drug-likeness (QED) is 0.505. The Morgan fingerprint density at radius 1 is 1.37 bits per heavy atom. The molecule has 0 spiro atoms. The number of nitriles is 1. The van der Waals surface area contributed by atoms with E-state index in [1.165, 1.54) is 11.3 Å². The fraction of sp³-hybridized carbons (Fsp3) is 0.222. The highest BCUT2D eigenvalue weighted by molar-refractivity contribution is 8.03. The highest BCUT2D eigenvalue weighted by atomic mass is 32.2. The predicted molar refractivity (Wildman–Crippen MR) is 108 cm³/mol. The summed E-state index contributed by atoms with van der Waals surface area (Å²) in [4.78, 5) is 36.1. The third-order valence-corrected chi connectivity index (χ3v) is 5.58. The van der Waals surface area contributed by atoms with Crippen LogP contribution in [0.5, 0.6) is 0 Å². The van der Waals surface area contributed by atoms with Crippen molar-refractivity contribution in [3.05, 3.63) is 50.9 Å².